The van der Waals surface area contributed by atoms with E-state index in [0.717, 1.165) is 6.20 Å². The van der Waals surface area contributed by atoms with E-state index in [-0.39, 0.29) is 10.8 Å². The number of aromatic nitrogens is 4. The molecule has 0 unspecified atom stereocenters. The molecule has 0 amide bonds. The van der Waals surface area contributed by atoms with Gasteiger partial charge in [0.1, 0.15) is 4.90 Å². The Morgan fingerprint density at radius 2 is 2.06 bits per heavy atom. The van der Waals surface area contributed by atoms with Crippen molar-refractivity contribution in [1.29, 1.82) is 0 Å². The number of sulfonamides is 1. The second-order valence-corrected chi connectivity index (χ2v) is 5.32. The van der Waals surface area contributed by atoms with Gasteiger partial charge in [-0.15, -0.1) is 5.10 Å². The van der Waals surface area contributed by atoms with Crippen LogP contribution in [0.15, 0.2) is 28.0 Å². The van der Waals surface area contributed by atoms with Gasteiger partial charge in [-0.3, -0.25) is 0 Å². The van der Waals surface area contributed by atoms with Crippen LogP contribution in [-0.4, -0.2) is 28.2 Å². The highest BCUT2D eigenvalue weighted by molar-refractivity contribution is 9.10. The van der Waals surface area contributed by atoms with Gasteiger partial charge in [-0.05, 0) is 28.1 Å². The normalized spacial score (nSPS) is 11.6. The number of nitrogens with two attached hydrogens (primary N) is 2. The molecule has 0 aromatic carbocycles. The first-order valence-electron chi connectivity index (χ1n) is 4.25. The summed E-state index contributed by atoms with van der Waals surface area (Å²) in [5.41, 5.74) is 5.40. The minimum absolute atomic E-state index is 0.0780. The Morgan fingerprint density at radius 3 is 2.47 bits per heavy atom. The molecule has 0 fully saturated rings. The fourth-order valence-electron chi connectivity index (χ4n) is 1.12. The van der Waals surface area contributed by atoms with E-state index < -0.39 is 10.0 Å². The molecule has 0 radical (unpaired) electrons. The third kappa shape index (κ3) is 2.43. The monoisotopic (exact) mass is 318 g/mol. The third-order valence-corrected chi connectivity index (χ3v) is 3.26. The number of nitrogens with zero attached hydrogens (tertiary/aromatic N) is 4. The Kier molecular flexibility index (Phi) is 2.85. The van der Waals surface area contributed by atoms with Crippen LogP contribution in [-0.2, 0) is 10.0 Å². The minimum Gasteiger partial charge on any atom is -0.366 e. The van der Waals surface area contributed by atoms with Crippen molar-refractivity contribution < 1.29 is 8.42 Å². The van der Waals surface area contributed by atoms with E-state index in [9.17, 15) is 8.42 Å². The molecular formula is C7H7BrN6O2S. The molecule has 17 heavy (non-hydrogen) atoms. The number of nitrogen functional groups attached to an aromatic ring is 1. The second kappa shape index (κ2) is 4.05. The van der Waals surface area contributed by atoms with Crippen molar-refractivity contribution in [3.05, 3.63) is 23.1 Å². The Balaban J connectivity index is 2.46. The Labute approximate surface area is 105 Å². The van der Waals surface area contributed by atoms with Crippen LogP contribution in [0.3, 0.4) is 0 Å². The van der Waals surface area contributed by atoms with E-state index in [4.69, 9.17) is 10.9 Å². The van der Waals surface area contributed by atoms with Gasteiger partial charge in [0.05, 0.1) is 0 Å². The lowest BCUT2D eigenvalue weighted by molar-refractivity contribution is 0.597. The Morgan fingerprint density at radius 1 is 1.35 bits per heavy atom. The number of primary sulfonamides is 1. The van der Waals surface area contributed by atoms with E-state index in [0.29, 0.717) is 10.6 Å². The quantitative estimate of drug-likeness (QED) is 0.778. The summed E-state index contributed by atoms with van der Waals surface area (Å²) >= 11 is 3.14. The molecule has 2 heterocycles. The van der Waals surface area contributed by atoms with Crippen LogP contribution >= 0.6 is 15.9 Å². The smallest absolute Gasteiger partial charge is 0.240 e. The molecule has 0 bridgehead atoms. The number of pyridine rings is 1. The fraction of sp³-hybridized carbons (Fsp3) is 0. The SMILES string of the molecule is Nc1nc(Br)n(-c2ccc(S(N)(=O)=O)cn2)n1. The molecule has 0 aliphatic carbocycles. The van der Waals surface area contributed by atoms with E-state index in [1.54, 1.807) is 0 Å². The molecule has 4 N–H and O–H groups in total. The zero-order chi connectivity index (χ0) is 12.6. The Bertz CT molecular complexity index is 650. The molecule has 0 saturated heterocycles. The van der Waals surface area contributed by atoms with Crippen LogP contribution in [0.25, 0.3) is 5.82 Å². The van der Waals surface area contributed by atoms with Gasteiger partial charge in [0, 0.05) is 6.20 Å². The highest BCUT2D eigenvalue weighted by atomic mass is 79.9. The first-order valence-corrected chi connectivity index (χ1v) is 6.59. The topological polar surface area (TPSA) is 130 Å². The zero-order valence-corrected chi connectivity index (χ0v) is 10.7. The summed E-state index contributed by atoms with van der Waals surface area (Å²) < 4.78 is 23.7. The number of hydrogen-bond donors (Lipinski definition) is 2. The van der Waals surface area contributed by atoms with Crippen LogP contribution in [0, 0.1) is 0 Å². The summed E-state index contributed by atoms with van der Waals surface area (Å²) in [4.78, 5) is 7.65. The molecule has 2 aromatic heterocycles. The van der Waals surface area contributed by atoms with Gasteiger partial charge < -0.3 is 5.73 Å². The van der Waals surface area contributed by atoms with Crippen molar-refractivity contribution in [3.63, 3.8) is 0 Å². The average Bonchev–Trinajstić information content (AvgIpc) is 2.57. The van der Waals surface area contributed by atoms with Gasteiger partial charge in [-0.1, -0.05) is 0 Å². The number of halogens is 1. The predicted molar refractivity (Wildman–Crippen MR) is 62.6 cm³/mol. The molecule has 0 saturated carbocycles. The number of anilines is 1. The van der Waals surface area contributed by atoms with E-state index >= 15 is 0 Å². The summed E-state index contributed by atoms with van der Waals surface area (Å²) in [6.07, 6.45) is 1.13. The van der Waals surface area contributed by atoms with Crippen LogP contribution in [0.5, 0.6) is 0 Å². The standard InChI is InChI=1S/C7H7BrN6O2S/c8-6-12-7(9)13-14(6)5-2-1-4(3-11-5)17(10,15)16/h1-3H,(H2,9,13)(H2,10,15,16). The van der Waals surface area contributed by atoms with E-state index in [2.05, 4.69) is 31.0 Å². The van der Waals surface area contributed by atoms with Crippen LogP contribution in [0.4, 0.5) is 5.95 Å². The van der Waals surface area contributed by atoms with Gasteiger partial charge >= 0.3 is 0 Å². The van der Waals surface area contributed by atoms with Gasteiger partial charge in [0.2, 0.25) is 20.7 Å². The minimum atomic E-state index is -3.75. The molecule has 90 valence electrons. The third-order valence-electron chi connectivity index (χ3n) is 1.85. The van der Waals surface area contributed by atoms with Crippen molar-refractivity contribution >= 4 is 31.9 Å². The van der Waals surface area contributed by atoms with Crippen molar-refractivity contribution in [1.82, 2.24) is 19.7 Å². The number of hydrogen-bond acceptors (Lipinski definition) is 6. The highest BCUT2D eigenvalue weighted by Gasteiger charge is 2.11. The first kappa shape index (κ1) is 12.0. The summed E-state index contributed by atoms with van der Waals surface area (Å²) in [5.74, 6) is 0.447. The molecule has 0 aliphatic rings. The molecule has 2 rings (SSSR count). The van der Waals surface area contributed by atoms with Crippen LogP contribution in [0.1, 0.15) is 0 Å². The summed E-state index contributed by atoms with van der Waals surface area (Å²) in [6, 6.07) is 2.76. The summed E-state index contributed by atoms with van der Waals surface area (Å²) in [5, 5.41) is 8.81. The van der Waals surface area contributed by atoms with Gasteiger partial charge in [0.25, 0.3) is 0 Å². The number of rotatable bonds is 2. The lowest BCUT2D eigenvalue weighted by Gasteiger charge is -2.01. The average molecular weight is 319 g/mol. The largest absolute Gasteiger partial charge is 0.366 e. The van der Waals surface area contributed by atoms with Crippen LogP contribution in [0.2, 0.25) is 0 Å². The molecule has 0 aliphatic heterocycles. The zero-order valence-electron chi connectivity index (χ0n) is 8.28. The maximum absolute atomic E-state index is 11.0. The summed E-state index contributed by atoms with van der Waals surface area (Å²) in [7, 11) is -3.75. The summed E-state index contributed by atoms with van der Waals surface area (Å²) in [6.45, 7) is 0. The molecule has 8 nitrogen and oxygen atoms in total. The molecule has 0 atom stereocenters. The van der Waals surface area contributed by atoms with Crippen molar-refractivity contribution in [2.45, 2.75) is 4.90 Å². The van der Waals surface area contributed by atoms with E-state index in [1.165, 1.54) is 16.8 Å². The first-order chi connectivity index (χ1) is 7.88. The van der Waals surface area contributed by atoms with Gasteiger partial charge in [-0.2, -0.15) is 9.67 Å². The van der Waals surface area contributed by atoms with Gasteiger partial charge in [-0.25, -0.2) is 18.5 Å². The maximum atomic E-state index is 11.0. The van der Waals surface area contributed by atoms with Crippen molar-refractivity contribution in [2.24, 2.45) is 5.14 Å². The highest BCUT2D eigenvalue weighted by Crippen LogP contribution is 2.14. The predicted octanol–water partition coefficient (Wildman–Crippen LogP) is -0.346. The molecule has 2 aromatic rings. The van der Waals surface area contributed by atoms with Gasteiger partial charge in [0.15, 0.2) is 5.82 Å². The lowest BCUT2D eigenvalue weighted by atomic mass is 10.5. The maximum Gasteiger partial charge on any atom is 0.240 e. The lowest BCUT2D eigenvalue weighted by Crippen LogP contribution is -2.13. The molecular weight excluding hydrogens is 312 g/mol. The molecule has 0 spiro atoms. The van der Waals surface area contributed by atoms with E-state index in [1.807, 2.05) is 0 Å². The Hall–Kier alpha value is -1.52. The van der Waals surface area contributed by atoms with Crippen molar-refractivity contribution in [2.75, 3.05) is 5.73 Å². The molecule has 10 heteroatoms. The van der Waals surface area contributed by atoms with Crippen molar-refractivity contribution in [3.8, 4) is 5.82 Å². The second-order valence-electron chi connectivity index (χ2n) is 3.05. The fourth-order valence-corrected chi connectivity index (χ4v) is 2.02. The van der Waals surface area contributed by atoms with Crippen LogP contribution < -0.4 is 10.9 Å².